The number of aliphatic imine (C=N–C) groups is 1. The van der Waals surface area contributed by atoms with Crippen LogP contribution in [0.15, 0.2) is 29.3 Å². The fourth-order valence-electron chi connectivity index (χ4n) is 2.73. The van der Waals surface area contributed by atoms with Crippen LogP contribution in [-0.2, 0) is 6.54 Å². The molecular formula is C18H29N5. The molecule has 23 heavy (non-hydrogen) atoms. The van der Waals surface area contributed by atoms with Crippen molar-refractivity contribution in [3.05, 3.63) is 30.1 Å². The molecule has 5 nitrogen and oxygen atoms in total. The summed E-state index contributed by atoms with van der Waals surface area (Å²) in [6, 6.07) is 8.25. The fourth-order valence-corrected chi connectivity index (χ4v) is 2.73. The lowest BCUT2D eigenvalue weighted by Crippen LogP contribution is -2.32. The Bertz CT molecular complexity index is 629. The summed E-state index contributed by atoms with van der Waals surface area (Å²) in [5.74, 6) is 1.62. The van der Waals surface area contributed by atoms with E-state index in [1.54, 1.807) is 0 Å². The standard InChI is InChI=1S/C18H29N5/c1-3-4-5-8-12-20-18(19)21-13-9-14-23-15(2)22-16-10-6-7-11-17(16)23/h6-7,10-11H,3-5,8-9,12-14H2,1-2H3,(H3,19,20,21). The number of aryl methyl sites for hydroxylation is 2. The molecule has 1 heterocycles. The van der Waals surface area contributed by atoms with Gasteiger partial charge in [-0.2, -0.15) is 0 Å². The molecule has 0 aliphatic heterocycles. The monoisotopic (exact) mass is 315 g/mol. The highest BCUT2D eigenvalue weighted by atomic mass is 15.1. The van der Waals surface area contributed by atoms with Crippen LogP contribution in [0.4, 0.5) is 0 Å². The van der Waals surface area contributed by atoms with Crippen LogP contribution < -0.4 is 11.1 Å². The molecule has 0 radical (unpaired) electrons. The lowest BCUT2D eigenvalue weighted by atomic mass is 10.2. The minimum absolute atomic E-state index is 0.564. The zero-order chi connectivity index (χ0) is 16.5. The summed E-state index contributed by atoms with van der Waals surface area (Å²) in [6.45, 7) is 6.84. The van der Waals surface area contributed by atoms with Gasteiger partial charge < -0.3 is 15.6 Å². The van der Waals surface area contributed by atoms with Gasteiger partial charge in [-0.05, 0) is 31.9 Å². The molecule has 0 amide bonds. The molecule has 3 N–H and O–H groups in total. The number of unbranched alkanes of at least 4 members (excludes halogenated alkanes) is 3. The van der Waals surface area contributed by atoms with Crippen LogP contribution >= 0.6 is 0 Å². The second kappa shape index (κ2) is 9.18. The fraction of sp³-hybridized carbons (Fsp3) is 0.556. The lowest BCUT2D eigenvalue weighted by Gasteiger charge is -2.07. The molecule has 0 bridgehead atoms. The number of nitrogens with one attached hydrogen (secondary N) is 1. The van der Waals surface area contributed by atoms with Crippen molar-refractivity contribution in [1.29, 1.82) is 0 Å². The van der Waals surface area contributed by atoms with E-state index in [2.05, 4.69) is 51.9 Å². The predicted octanol–water partition coefficient (Wildman–Crippen LogP) is 3.22. The number of aromatic nitrogens is 2. The van der Waals surface area contributed by atoms with Crippen molar-refractivity contribution < 1.29 is 0 Å². The average Bonchev–Trinajstić information content (AvgIpc) is 2.87. The van der Waals surface area contributed by atoms with Crippen LogP contribution in [0, 0.1) is 6.92 Å². The number of nitrogens with two attached hydrogens (primary N) is 1. The first-order chi connectivity index (χ1) is 11.2. The van der Waals surface area contributed by atoms with Gasteiger partial charge in [-0.1, -0.05) is 38.3 Å². The van der Waals surface area contributed by atoms with Crippen LogP contribution in [0.2, 0.25) is 0 Å². The van der Waals surface area contributed by atoms with Crippen LogP contribution in [0.25, 0.3) is 11.0 Å². The van der Waals surface area contributed by atoms with Gasteiger partial charge in [-0.3, -0.25) is 4.99 Å². The van der Waals surface area contributed by atoms with Crippen LogP contribution in [0.1, 0.15) is 44.9 Å². The van der Waals surface area contributed by atoms with Crippen LogP contribution in [-0.4, -0.2) is 28.6 Å². The molecule has 126 valence electrons. The van der Waals surface area contributed by atoms with Gasteiger partial charge in [0.2, 0.25) is 0 Å². The van der Waals surface area contributed by atoms with Gasteiger partial charge in [0.15, 0.2) is 5.96 Å². The highest BCUT2D eigenvalue weighted by Gasteiger charge is 2.05. The van der Waals surface area contributed by atoms with Crippen LogP contribution in [0.3, 0.4) is 0 Å². The molecular weight excluding hydrogens is 286 g/mol. The van der Waals surface area contributed by atoms with E-state index in [1.807, 2.05) is 6.07 Å². The van der Waals surface area contributed by atoms with Crippen LogP contribution in [0.5, 0.6) is 0 Å². The van der Waals surface area contributed by atoms with E-state index in [9.17, 15) is 0 Å². The minimum Gasteiger partial charge on any atom is -0.370 e. The first-order valence-electron chi connectivity index (χ1n) is 8.68. The summed E-state index contributed by atoms with van der Waals surface area (Å²) >= 11 is 0. The summed E-state index contributed by atoms with van der Waals surface area (Å²) in [4.78, 5) is 8.98. The van der Waals surface area contributed by atoms with E-state index in [0.29, 0.717) is 5.96 Å². The third-order valence-corrected chi connectivity index (χ3v) is 4.00. The quantitative estimate of drug-likeness (QED) is 0.424. The van der Waals surface area contributed by atoms with Crippen molar-refractivity contribution in [2.45, 2.75) is 52.5 Å². The smallest absolute Gasteiger partial charge is 0.188 e. The van der Waals surface area contributed by atoms with Crippen molar-refractivity contribution in [2.24, 2.45) is 10.7 Å². The highest BCUT2D eigenvalue weighted by molar-refractivity contribution is 5.77. The minimum atomic E-state index is 0.564. The Balaban J connectivity index is 1.74. The van der Waals surface area contributed by atoms with Crippen molar-refractivity contribution in [2.75, 3.05) is 13.1 Å². The van der Waals surface area contributed by atoms with Crippen molar-refractivity contribution >= 4 is 17.0 Å². The van der Waals surface area contributed by atoms with Gasteiger partial charge in [0.25, 0.3) is 0 Å². The molecule has 2 aromatic rings. The number of imidazole rings is 1. The van der Waals surface area contributed by atoms with E-state index in [0.717, 1.165) is 43.8 Å². The largest absolute Gasteiger partial charge is 0.370 e. The normalized spacial score (nSPS) is 12.0. The number of rotatable bonds is 9. The lowest BCUT2D eigenvalue weighted by molar-refractivity contribution is 0.640. The number of benzene rings is 1. The Morgan fingerprint density at radius 2 is 2.04 bits per heavy atom. The van der Waals surface area contributed by atoms with Gasteiger partial charge in [0, 0.05) is 19.6 Å². The zero-order valence-corrected chi connectivity index (χ0v) is 14.4. The molecule has 0 atom stereocenters. The summed E-state index contributed by atoms with van der Waals surface area (Å²) in [5.41, 5.74) is 8.14. The van der Waals surface area contributed by atoms with Gasteiger partial charge in [0.1, 0.15) is 5.82 Å². The number of hydrogen-bond acceptors (Lipinski definition) is 2. The molecule has 0 aliphatic rings. The number of guanidine groups is 1. The second-order valence-corrected chi connectivity index (χ2v) is 5.91. The maximum atomic E-state index is 5.89. The Morgan fingerprint density at radius 3 is 2.87 bits per heavy atom. The first kappa shape index (κ1) is 17.3. The predicted molar refractivity (Wildman–Crippen MR) is 97.7 cm³/mol. The maximum Gasteiger partial charge on any atom is 0.188 e. The Morgan fingerprint density at radius 1 is 1.22 bits per heavy atom. The molecule has 0 spiro atoms. The van der Waals surface area contributed by atoms with Crippen molar-refractivity contribution in [3.63, 3.8) is 0 Å². The molecule has 2 rings (SSSR count). The Kier molecular flexibility index (Phi) is 6.91. The van der Waals surface area contributed by atoms with E-state index < -0.39 is 0 Å². The third-order valence-electron chi connectivity index (χ3n) is 4.00. The molecule has 0 unspecified atom stereocenters. The first-order valence-corrected chi connectivity index (χ1v) is 8.68. The SMILES string of the molecule is CCCCCCNC(N)=NCCCn1c(C)nc2ccccc21. The van der Waals surface area contributed by atoms with E-state index in [-0.39, 0.29) is 0 Å². The van der Waals surface area contributed by atoms with Crippen molar-refractivity contribution in [1.82, 2.24) is 14.9 Å². The molecule has 1 aromatic heterocycles. The van der Waals surface area contributed by atoms with E-state index in [4.69, 9.17) is 5.73 Å². The topological polar surface area (TPSA) is 68.2 Å². The molecule has 5 heteroatoms. The van der Waals surface area contributed by atoms with E-state index in [1.165, 1.54) is 24.8 Å². The van der Waals surface area contributed by atoms with Gasteiger partial charge >= 0.3 is 0 Å². The number of para-hydroxylation sites is 2. The zero-order valence-electron chi connectivity index (χ0n) is 14.4. The average molecular weight is 315 g/mol. The van der Waals surface area contributed by atoms with Gasteiger partial charge in [-0.15, -0.1) is 0 Å². The Labute approximate surface area is 139 Å². The summed E-state index contributed by atoms with van der Waals surface area (Å²) in [5, 5.41) is 3.18. The number of fused-ring (bicyclic) bond motifs is 1. The molecule has 0 aliphatic carbocycles. The number of hydrogen-bond donors (Lipinski definition) is 2. The highest BCUT2D eigenvalue weighted by Crippen LogP contribution is 2.15. The van der Waals surface area contributed by atoms with Gasteiger partial charge in [-0.25, -0.2) is 4.98 Å². The maximum absolute atomic E-state index is 5.89. The van der Waals surface area contributed by atoms with Crippen molar-refractivity contribution in [3.8, 4) is 0 Å². The summed E-state index contributed by atoms with van der Waals surface area (Å²) in [7, 11) is 0. The molecule has 1 aromatic carbocycles. The third kappa shape index (κ3) is 5.27. The van der Waals surface area contributed by atoms with Gasteiger partial charge in [0.05, 0.1) is 11.0 Å². The second-order valence-electron chi connectivity index (χ2n) is 5.91. The summed E-state index contributed by atoms with van der Waals surface area (Å²) < 4.78 is 2.25. The number of nitrogens with zero attached hydrogens (tertiary/aromatic N) is 3. The molecule has 0 fully saturated rings. The van der Waals surface area contributed by atoms with E-state index >= 15 is 0 Å². The molecule has 0 saturated carbocycles. The Hall–Kier alpha value is -2.04. The molecule has 0 saturated heterocycles. The summed E-state index contributed by atoms with van der Waals surface area (Å²) in [6.07, 6.45) is 5.91.